The fraction of sp³-hybridized carbons (Fsp3) is 0.333. The van der Waals surface area contributed by atoms with Crippen LogP contribution in [0, 0.1) is 6.92 Å². The molecule has 1 saturated heterocycles. The van der Waals surface area contributed by atoms with E-state index >= 15 is 0 Å². The smallest absolute Gasteiger partial charge is 0.325 e. The lowest BCUT2D eigenvalue weighted by molar-refractivity contribution is -0.131. The Labute approximate surface area is 126 Å². The second-order valence-electron chi connectivity index (χ2n) is 5.76. The predicted octanol–water partition coefficient (Wildman–Crippen LogP) is 0.967. The van der Waals surface area contributed by atoms with Crippen molar-refractivity contribution < 1.29 is 14.1 Å². The molecule has 1 aliphatic carbocycles. The van der Waals surface area contributed by atoms with Gasteiger partial charge >= 0.3 is 6.03 Å². The van der Waals surface area contributed by atoms with Gasteiger partial charge in [-0.1, -0.05) is 29.4 Å². The molecule has 2 aliphatic rings. The van der Waals surface area contributed by atoms with Gasteiger partial charge < -0.3 is 9.84 Å². The van der Waals surface area contributed by atoms with Crippen molar-refractivity contribution in [3.05, 3.63) is 47.1 Å². The number of nitrogens with one attached hydrogen (secondary N) is 1. The summed E-state index contributed by atoms with van der Waals surface area (Å²) in [4.78, 5) is 30.2. The lowest BCUT2D eigenvalue weighted by Crippen LogP contribution is -2.47. The van der Waals surface area contributed by atoms with E-state index in [2.05, 4.69) is 15.5 Å². The van der Waals surface area contributed by atoms with E-state index in [-0.39, 0.29) is 12.5 Å². The van der Waals surface area contributed by atoms with Gasteiger partial charge in [0.25, 0.3) is 5.91 Å². The number of amides is 3. The molecule has 1 N–H and O–H groups in total. The summed E-state index contributed by atoms with van der Waals surface area (Å²) in [5.41, 5.74) is 1.35. The monoisotopic (exact) mass is 298 g/mol. The third kappa shape index (κ3) is 1.82. The van der Waals surface area contributed by atoms with Gasteiger partial charge in [0.2, 0.25) is 5.89 Å². The fourth-order valence-electron chi connectivity index (χ4n) is 3.22. The first-order valence-corrected chi connectivity index (χ1v) is 7.07. The van der Waals surface area contributed by atoms with Crippen molar-refractivity contribution >= 4 is 11.9 Å². The van der Waals surface area contributed by atoms with Gasteiger partial charge in [-0.15, -0.1) is 0 Å². The largest absolute Gasteiger partial charge is 0.340 e. The molecular weight excluding hydrogens is 284 g/mol. The first-order chi connectivity index (χ1) is 10.6. The number of carbonyl (C=O) groups is 2. The quantitative estimate of drug-likeness (QED) is 0.835. The van der Waals surface area contributed by atoms with Crippen LogP contribution in [0.2, 0.25) is 0 Å². The van der Waals surface area contributed by atoms with Gasteiger partial charge in [-0.05, 0) is 11.1 Å². The van der Waals surface area contributed by atoms with Gasteiger partial charge in [0.1, 0.15) is 5.54 Å². The summed E-state index contributed by atoms with van der Waals surface area (Å²) in [5, 5.41) is 6.60. The molecule has 7 heteroatoms. The summed E-state index contributed by atoms with van der Waals surface area (Å²) >= 11 is 0. The Bertz CT molecular complexity index is 758. The molecule has 4 rings (SSSR count). The van der Waals surface area contributed by atoms with E-state index in [9.17, 15) is 9.59 Å². The highest BCUT2D eigenvalue weighted by Crippen LogP contribution is 2.35. The maximum absolute atomic E-state index is 12.8. The number of aromatic nitrogens is 2. The Balaban J connectivity index is 1.61. The third-order valence-corrected chi connectivity index (χ3v) is 4.22. The molecule has 2 aromatic rings. The Morgan fingerprint density at radius 1 is 1.27 bits per heavy atom. The molecule has 0 unspecified atom stereocenters. The second-order valence-corrected chi connectivity index (χ2v) is 5.76. The van der Waals surface area contributed by atoms with E-state index in [1.54, 1.807) is 6.92 Å². The van der Waals surface area contributed by atoms with Crippen LogP contribution in [0.25, 0.3) is 0 Å². The molecule has 1 aromatic heterocycles. The van der Waals surface area contributed by atoms with Crippen molar-refractivity contribution in [2.75, 3.05) is 0 Å². The summed E-state index contributed by atoms with van der Waals surface area (Å²) in [6.45, 7) is 1.69. The standard InChI is InChI=1S/C15H14N4O3/c1-9-16-12(18-22-9)8-19-13(20)15(17-14(19)21)6-10-4-2-3-5-11(10)7-15/h2-5H,6-8H2,1H3,(H,17,21). The predicted molar refractivity (Wildman–Crippen MR) is 74.7 cm³/mol. The first kappa shape index (κ1) is 13.0. The molecule has 0 atom stereocenters. The molecular formula is C15H14N4O3. The fourth-order valence-corrected chi connectivity index (χ4v) is 3.22. The normalized spacial score (nSPS) is 18.9. The number of benzene rings is 1. The molecule has 1 aliphatic heterocycles. The van der Waals surface area contributed by atoms with Crippen LogP contribution in [0.3, 0.4) is 0 Å². The maximum Gasteiger partial charge on any atom is 0.325 e. The Hall–Kier alpha value is -2.70. The number of imide groups is 1. The molecule has 112 valence electrons. The summed E-state index contributed by atoms with van der Waals surface area (Å²) in [6, 6.07) is 7.47. The topological polar surface area (TPSA) is 88.3 Å². The highest BCUT2D eigenvalue weighted by molar-refractivity contribution is 6.07. The highest BCUT2D eigenvalue weighted by Gasteiger charge is 2.54. The minimum Gasteiger partial charge on any atom is -0.340 e. The lowest BCUT2D eigenvalue weighted by atomic mass is 9.96. The summed E-state index contributed by atoms with van der Waals surface area (Å²) in [6.07, 6.45) is 1.05. The van der Waals surface area contributed by atoms with Crippen molar-refractivity contribution in [3.8, 4) is 0 Å². The second kappa shape index (κ2) is 4.40. The first-order valence-electron chi connectivity index (χ1n) is 7.07. The molecule has 7 nitrogen and oxygen atoms in total. The van der Waals surface area contributed by atoms with Crippen LogP contribution < -0.4 is 5.32 Å². The summed E-state index contributed by atoms with van der Waals surface area (Å²) < 4.78 is 4.88. The minimum atomic E-state index is -0.862. The van der Waals surface area contributed by atoms with Gasteiger partial charge in [0.15, 0.2) is 5.82 Å². The number of hydrogen-bond acceptors (Lipinski definition) is 5. The number of nitrogens with zero attached hydrogens (tertiary/aromatic N) is 3. The SMILES string of the molecule is Cc1nc(CN2C(=O)NC3(Cc4ccccc4C3)C2=O)no1. The molecule has 1 aromatic carbocycles. The molecule has 0 radical (unpaired) electrons. The van der Waals surface area contributed by atoms with E-state index in [0.717, 1.165) is 16.0 Å². The average molecular weight is 298 g/mol. The zero-order valence-electron chi connectivity index (χ0n) is 12.0. The maximum atomic E-state index is 12.8. The van der Waals surface area contributed by atoms with Crippen LogP contribution in [-0.2, 0) is 24.2 Å². The molecule has 22 heavy (non-hydrogen) atoms. The van der Waals surface area contributed by atoms with Crippen molar-refractivity contribution in [1.29, 1.82) is 0 Å². The number of urea groups is 1. The molecule has 1 fully saturated rings. The summed E-state index contributed by atoms with van der Waals surface area (Å²) in [5.74, 6) is 0.509. The molecule has 0 saturated carbocycles. The van der Waals surface area contributed by atoms with Crippen LogP contribution in [0.4, 0.5) is 4.79 Å². The minimum absolute atomic E-state index is 0.0279. The van der Waals surface area contributed by atoms with Gasteiger partial charge in [-0.3, -0.25) is 9.69 Å². The Kier molecular flexibility index (Phi) is 2.60. The van der Waals surface area contributed by atoms with Gasteiger partial charge in [0.05, 0.1) is 6.54 Å². The third-order valence-electron chi connectivity index (χ3n) is 4.22. The number of carbonyl (C=O) groups excluding carboxylic acids is 2. The zero-order valence-corrected chi connectivity index (χ0v) is 12.0. The van der Waals surface area contributed by atoms with E-state index < -0.39 is 11.6 Å². The molecule has 2 heterocycles. The van der Waals surface area contributed by atoms with Crippen LogP contribution >= 0.6 is 0 Å². The van der Waals surface area contributed by atoms with Crippen LogP contribution in [-0.4, -0.2) is 32.5 Å². The Morgan fingerprint density at radius 3 is 2.55 bits per heavy atom. The molecule has 0 bridgehead atoms. The highest BCUT2D eigenvalue weighted by atomic mass is 16.5. The number of aryl methyl sites for hydroxylation is 1. The number of rotatable bonds is 2. The number of fused-ring (bicyclic) bond motifs is 1. The zero-order chi connectivity index (χ0) is 15.3. The van der Waals surface area contributed by atoms with Crippen LogP contribution in [0.5, 0.6) is 0 Å². The lowest BCUT2D eigenvalue weighted by Gasteiger charge is -2.19. The van der Waals surface area contributed by atoms with E-state index in [1.807, 2.05) is 24.3 Å². The van der Waals surface area contributed by atoms with Gasteiger partial charge in [0, 0.05) is 19.8 Å². The van der Waals surface area contributed by atoms with Crippen molar-refractivity contribution in [1.82, 2.24) is 20.4 Å². The van der Waals surface area contributed by atoms with E-state index in [1.165, 1.54) is 0 Å². The van der Waals surface area contributed by atoms with Gasteiger partial charge in [-0.25, -0.2) is 4.79 Å². The average Bonchev–Trinajstić information content (AvgIpc) is 3.12. The van der Waals surface area contributed by atoms with Crippen molar-refractivity contribution in [2.24, 2.45) is 0 Å². The van der Waals surface area contributed by atoms with E-state index in [0.29, 0.717) is 24.6 Å². The number of hydrogen-bond donors (Lipinski definition) is 1. The van der Waals surface area contributed by atoms with E-state index in [4.69, 9.17) is 4.52 Å². The summed E-state index contributed by atoms with van der Waals surface area (Å²) in [7, 11) is 0. The molecule has 3 amide bonds. The van der Waals surface area contributed by atoms with Crippen LogP contribution in [0.15, 0.2) is 28.8 Å². The van der Waals surface area contributed by atoms with Crippen molar-refractivity contribution in [2.45, 2.75) is 31.8 Å². The van der Waals surface area contributed by atoms with Crippen LogP contribution in [0.1, 0.15) is 22.8 Å². The van der Waals surface area contributed by atoms with Gasteiger partial charge in [-0.2, -0.15) is 4.98 Å². The van der Waals surface area contributed by atoms with Crippen molar-refractivity contribution in [3.63, 3.8) is 0 Å². The Morgan fingerprint density at radius 2 is 1.95 bits per heavy atom. The molecule has 1 spiro atoms.